The Morgan fingerprint density at radius 2 is 2.15 bits per heavy atom. The van der Waals surface area contributed by atoms with Crippen LogP contribution in [0.25, 0.3) is 10.1 Å². The molecular weight excluding hydrogens is 401 g/mol. The minimum Gasteiger partial charge on any atom is -0.345 e. The standard InChI is InChI=1S/C17H19F2O4PS2/c1-11(2)7-16(21)25-6-5-23-24(22)17(18,19)13-3-4-15-12(8-13)9-14(10-20)26-15/h3-4,8-11,22H,5-7H2,1-2H3. The van der Waals surface area contributed by atoms with Crippen molar-refractivity contribution in [2.45, 2.75) is 25.9 Å². The molecule has 142 valence electrons. The lowest BCUT2D eigenvalue weighted by Gasteiger charge is -2.21. The van der Waals surface area contributed by atoms with Crippen LogP contribution in [0.4, 0.5) is 8.78 Å². The second-order valence-corrected chi connectivity index (χ2v) is 9.62. The zero-order chi connectivity index (χ0) is 19.3. The molecule has 1 atom stereocenters. The summed E-state index contributed by atoms with van der Waals surface area (Å²) in [4.78, 5) is 32.6. The van der Waals surface area contributed by atoms with E-state index in [1.54, 1.807) is 0 Å². The van der Waals surface area contributed by atoms with Crippen LogP contribution >= 0.6 is 31.5 Å². The second kappa shape index (κ2) is 9.33. The molecule has 0 amide bonds. The van der Waals surface area contributed by atoms with Gasteiger partial charge in [0.1, 0.15) is 0 Å². The van der Waals surface area contributed by atoms with Gasteiger partial charge in [0, 0.05) is 22.4 Å². The van der Waals surface area contributed by atoms with Gasteiger partial charge in [-0.1, -0.05) is 31.7 Å². The number of carbonyl (C=O) groups is 2. The quantitative estimate of drug-likeness (QED) is 0.335. The third-order valence-corrected chi connectivity index (χ3v) is 6.44. The molecule has 1 unspecified atom stereocenters. The maximum atomic E-state index is 14.4. The van der Waals surface area contributed by atoms with Gasteiger partial charge in [0.2, 0.25) is 8.38 Å². The number of fused-ring (bicyclic) bond motifs is 1. The van der Waals surface area contributed by atoms with Crippen LogP contribution in [0.5, 0.6) is 0 Å². The monoisotopic (exact) mass is 420 g/mol. The van der Waals surface area contributed by atoms with Gasteiger partial charge in [0.15, 0.2) is 11.4 Å². The van der Waals surface area contributed by atoms with E-state index in [1.807, 2.05) is 13.8 Å². The number of halogens is 2. The number of thioether (sulfide) groups is 1. The molecule has 1 N–H and O–H groups in total. The average molecular weight is 420 g/mol. The van der Waals surface area contributed by atoms with Crippen LogP contribution in [0, 0.1) is 5.92 Å². The first kappa shape index (κ1) is 21.4. The molecule has 0 aliphatic rings. The Kier molecular flexibility index (Phi) is 7.67. The van der Waals surface area contributed by atoms with Crippen molar-refractivity contribution in [3.8, 4) is 0 Å². The summed E-state index contributed by atoms with van der Waals surface area (Å²) in [5.74, 6) is 0.453. The van der Waals surface area contributed by atoms with E-state index >= 15 is 0 Å². The van der Waals surface area contributed by atoms with Gasteiger partial charge in [-0.15, -0.1) is 11.3 Å². The molecule has 0 aliphatic heterocycles. The highest BCUT2D eigenvalue weighted by Crippen LogP contribution is 2.56. The highest BCUT2D eigenvalue weighted by atomic mass is 32.2. The summed E-state index contributed by atoms with van der Waals surface area (Å²) in [5, 5.41) is 0.499. The van der Waals surface area contributed by atoms with Crippen molar-refractivity contribution in [3.05, 3.63) is 34.7 Å². The van der Waals surface area contributed by atoms with Gasteiger partial charge in [-0.25, -0.2) is 0 Å². The van der Waals surface area contributed by atoms with Gasteiger partial charge in [-0.3, -0.25) is 9.59 Å². The summed E-state index contributed by atoms with van der Waals surface area (Å²) in [7, 11) is -3.02. The lowest BCUT2D eigenvalue weighted by molar-refractivity contribution is -0.111. The van der Waals surface area contributed by atoms with E-state index in [-0.39, 0.29) is 29.0 Å². The number of hydrogen-bond acceptors (Lipinski definition) is 6. The van der Waals surface area contributed by atoms with Gasteiger partial charge in [-0.2, -0.15) is 8.78 Å². The van der Waals surface area contributed by atoms with Crippen molar-refractivity contribution < 1.29 is 27.8 Å². The summed E-state index contributed by atoms with van der Waals surface area (Å²) in [5.41, 5.74) is -3.91. The van der Waals surface area contributed by atoms with Gasteiger partial charge in [0.05, 0.1) is 11.5 Å². The van der Waals surface area contributed by atoms with Crippen LogP contribution in [-0.2, 0) is 15.0 Å². The third-order valence-electron chi connectivity index (χ3n) is 3.37. The Morgan fingerprint density at radius 3 is 2.81 bits per heavy atom. The average Bonchev–Trinajstić information content (AvgIpc) is 3.00. The van der Waals surface area contributed by atoms with Crippen LogP contribution in [0.1, 0.15) is 35.5 Å². The molecule has 0 bridgehead atoms. The number of aldehydes is 1. The van der Waals surface area contributed by atoms with E-state index in [1.165, 1.54) is 35.6 Å². The summed E-state index contributed by atoms with van der Waals surface area (Å²) in [6, 6.07) is 5.52. The fourth-order valence-corrected chi connectivity index (χ4v) is 4.79. The predicted octanol–water partition coefficient (Wildman–Crippen LogP) is 5.39. The predicted molar refractivity (Wildman–Crippen MR) is 103 cm³/mol. The molecule has 9 heteroatoms. The molecule has 4 nitrogen and oxygen atoms in total. The summed E-state index contributed by atoms with van der Waals surface area (Å²) in [6.07, 6.45) is 1.08. The molecule has 2 rings (SSSR count). The van der Waals surface area contributed by atoms with Crippen LogP contribution in [0.15, 0.2) is 24.3 Å². The van der Waals surface area contributed by atoms with E-state index in [0.29, 0.717) is 23.0 Å². The molecule has 0 radical (unpaired) electrons. The molecule has 1 heterocycles. The maximum Gasteiger partial charge on any atom is 0.339 e. The minimum atomic E-state index is -3.54. The molecule has 1 aromatic carbocycles. The summed E-state index contributed by atoms with van der Waals surface area (Å²) < 4.78 is 34.5. The highest BCUT2D eigenvalue weighted by Gasteiger charge is 2.43. The van der Waals surface area contributed by atoms with E-state index in [4.69, 9.17) is 4.52 Å². The van der Waals surface area contributed by atoms with Gasteiger partial charge >= 0.3 is 5.66 Å². The van der Waals surface area contributed by atoms with Crippen LogP contribution < -0.4 is 0 Å². The first-order valence-corrected chi connectivity index (χ1v) is 10.9. The Balaban J connectivity index is 1.95. The first-order valence-electron chi connectivity index (χ1n) is 7.88. The van der Waals surface area contributed by atoms with Crippen LogP contribution in [0.2, 0.25) is 0 Å². The van der Waals surface area contributed by atoms with Crippen molar-refractivity contribution in [1.82, 2.24) is 0 Å². The Labute approximate surface area is 159 Å². The van der Waals surface area contributed by atoms with Crippen molar-refractivity contribution in [1.29, 1.82) is 0 Å². The summed E-state index contributed by atoms with van der Waals surface area (Å²) in [6.45, 7) is 3.71. The molecule has 26 heavy (non-hydrogen) atoms. The molecule has 2 aromatic rings. The zero-order valence-corrected chi connectivity index (χ0v) is 16.8. The van der Waals surface area contributed by atoms with Crippen molar-refractivity contribution >= 4 is 53.0 Å². The number of alkyl halides is 2. The lowest BCUT2D eigenvalue weighted by atomic mass is 10.1. The Bertz CT molecular complexity index is 779. The van der Waals surface area contributed by atoms with Crippen LogP contribution in [0.3, 0.4) is 0 Å². The third kappa shape index (κ3) is 5.54. The number of carbonyl (C=O) groups excluding carboxylic acids is 2. The Morgan fingerprint density at radius 1 is 1.42 bits per heavy atom. The largest absolute Gasteiger partial charge is 0.345 e. The number of benzene rings is 1. The second-order valence-electron chi connectivity index (χ2n) is 5.99. The molecule has 0 spiro atoms. The minimum absolute atomic E-state index is 0.0217. The molecule has 0 aliphatic carbocycles. The van der Waals surface area contributed by atoms with Gasteiger partial charge in [0.25, 0.3) is 0 Å². The van der Waals surface area contributed by atoms with Crippen molar-refractivity contribution in [2.75, 3.05) is 12.4 Å². The molecular formula is C17H19F2O4PS2. The van der Waals surface area contributed by atoms with Gasteiger partial charge in [-0.05, 0) is 29.5 Å². The smallest absolute Gasteiger partial charge is 0.339 e. The SMILES string of the molecule is CC(C)CC(=O)SCCOP(O)C(F)(F)c1ccc2sc(C=O)cc2c1. The Hall–Kier alpha value is -0.920. The number of thiophene rings is 1. The number of hydrogen-bond donors (Lipinski definition) is 1. The van der Waals surface area contributed by atoms with E-state index in [2.05, 4.69) is 0 Å². The lowest BCUT2D eigenvalue weighted by Crippen LogP contribution is -2.13. The molecule has 0 saturated heterocycles. The normalized spacial score (nSPS) is 13.3. The van der Waals surface area contributed by atoms with Crippen molar-refractivity contribution in [2.24, 2.45) is 5.92 Å². The van der Waals surface area contributed by atoms with E-state index < -0.39 is 14.0 Å². The molecule has 0 fully saturated rings. The fraction of sp³-hybridized carbons (Fsp3) is 0.412. The topological polar surface area (TPSA) is 63.6 Å². The maximum absolute atomic E-state index is 14.4. The van der Waals surface area contributed by atoms with Gasteiger partial charge < -0.3 is 9.42 Å². The van der Waals surface area contributed by atoms with E-state index in [0.717, 1.165) is 16.5 Å². The highest BCUT2D eigenvalue weighted by molar-refractivity contribution is 8.13. The first-order chi connectivity index (χ1) is 12.2. The number of rotatable bonds is 9. The molecule has 1 aromatic heterocycles. The van der Waals surface area contributed by atoms with Crippen LogP contribution in [-0.4, -0.2) is 28.7 Å². The fourth-order valence-electron chi connectivity index (χ4n) is 2.17. The molecule has 0 saturated carbocycles. The van der Waals surface area contributed by atoms with Crippen molar-refractivity contribution in [3.63, 3.8) is 0 Å². The zero-order valence-electron chi connectivity index (χ0n) is 14.3. The summed E-state index contributed by atoms with van der Waals surface area (Å²) >= 11 is 2.23. The van der Waals surface area contributed by atoms with E-state index in [9.17, 15) is 23.3 Å².